The minimum absolute atomic E-state index is 0.831. The fourth-order valence-corrected chi connectivity index (χ4v) is 2.89. The molecule has 0 radical (unpaired) electrons. The summed E-state index contributed by atoms with van der Waals surface area (Å²) >= 11 is 0. The number of hydrogen-bond donors (Lipinski definition) is 1. The lowest BCUT2D eigenvalue weighted by atomic mass is 9.86. The van der Waals surface area contributed by atoms with Gasteiger partial charge in [0.05, 0.1) is 0 Å². The van der Waals surface area contributed by atoms with Crippen molar-refractivity contribution in [3.63, 3.8) is 0 Å². The summed E-state index contributed by atoms with van der Waals surface area (Å²) in [6.07, 6.45) is 6.91. The van der Waals surface area contributed by atoms with E-state index in [9.17, 15) is 0 Å². The van der Waals surface area contributed by atoms with Gasteiger partial charge in [0.2, 0.25) is 0 Å². The van der Waals surface area contributed by atoms with Crippen molar-refractivity contribution in [3.05, 3.63) is 0 Å². The molecule has 1 aliphatic rings. The minimum Gasteiger partial charge on any atom is -0.315 e. The van der Waals surface area contributed by atoms with E-state index in [1.165, 1.54) is 45.2 Å². The van der Waals surface area contributed by atoms with Crippen LogP contribution in [0.1, 0.15) is 39.0 Å². The van der Waals surface area contributed by atoms with E-state index in [1.807, 2.05) is 0 Å². The summed E-state index contributed by atoms with van der Waals surface area (Å²) in [7, 11) is 6.57. The van der Waals surface area contributed by atoms with Crippen molar-refractivity contribution >= 4 is 0 Å². The maximum atomic E-state index is 3.55. The number of rotatable bonds is 8. The first-order chi connectivity index (χ1) is 8.59. The molecule has 0 aromatic carbocycles. The lowest BCUT2D eigenvalue weighted by Gasteiger charge is -2.34. The fourth-order valence-electron chi connectivity index (χ4n) is 2.89. The van der Waals surface area contributed by atoms with Gasteiger partial charge in [0.25, 0.3) is 0 Å². The predicted octanol–water partition coefficient (Wildman–Crippen LogP) is 2.04. The number of nitrogens with one attached hydrogen (secondary N) is 1. The molecule has 0 bridgehead atoms. The third-order valence-electron chi connectivity index (χ3n) is 4.13. The molecule has 2 unspecified atom stereocenters. The zero-order valence-electron chi connectivity index (χ0n) is 12.9. The predicted molar refractivity (Wildman–Crippen MR) is 80.1 cm³/mol. The molecule has 3 nitrogen and oxygen atoms in total. The zero-order chi connectivity index (χ0) is 13.4. The standard InChI is InChI=1S/C15H33N3/c1-14-7-5-8-15(13-14)18(4)12-10-16-9-6-11-17(2)3/h14-16H,5-13H2,1-4H3. The van der Waals surface area contributed by atoms with Crippen molar-refractivity contribution in [3.8, 4) is 0 Å². The Labute approximate surface area is 114 Å². The van der Waals surface area contributed by atoms with E-state index in [-0.39, 0.29) is 0 Å². The van der Waals surface area contributed by atoms with Crippen LogP contribution in [0.5, 0.6) is 0 Å². The van der Waals surface area contributed by atoms with Crippen molar-refractivity contribution in [1.29, 1.82) is 0 Å². The van der Waals surface area contributed by atoms with E-state index in [4.69, 9.17) is 0 Å². The molecule has 1 fully saturated rings. The highest BCUT2D eigenvalue weighted by Gasteiger charge is 2.21. The molecule has 0 saturated heterocycles. The normalized spacial score (nSPS) is 25.0. The van der Waals surface area contributed by atoms with Crippen LogP contribution < -0.4 is 5.32 Å². The second-order valence-electron chi connectivity index (χ2n) is 6.31. The molecule has 0 aromatic rings. The van der Waals surface area contributed by atoms with Crippen molar-refractivity contribution in [2.24, 2.45) is 5.92 Å². The van der Waals surface area contributed by atoms with Gasteiger partial charge < -0.3 is 15.1 Å². The number of hydrogen-bond acceptors (Lipinski definition) is 3. The Balaban J connectivity index is 2.00. The van der Waals surface area contributed by atoms with Gasteiger partial charge in [-0.1, -0.05) is 19.8 Å². The third kappa shape index (κ3) is 6.72. The van der Waals surface area contributed by atoms with Gasteiger partial charge in [-0.25, -0.2) is 0 Å². The lowest BCUT2D eigenvalue weighted by Crippen LogP contribution is -2.39. The molecule has 1 rings (SSSR count). The van der Waals surface area contributed by atoms with Gasteiger partial charge in [-0.05, 0) is 59.4 Å². The molecular weight excluding hydrogens is 222 g/mol. The summed E-state index contributed by atoms with van der Waals surface area (Å²) in [5, 5.41) is 3.55. The van der Waals surface area contributed by atoms with Crippen LogP contribution in [0.3, 0.4) is 0 Å². The van der Waals surface area contributed by atoms with Crippen molar-refractivity contribution in [2.45, 2.75) is 45.1 Å². The maximum Gasteiger partial charge on any atom is 0.0107 e. The van der Waals surface area contributed by atoms with Gasteiger partial charge in [-0.2, -0.15) is 0 Å². The van der Waals surface area contributed by atoms with Gasteiger partial charge in [0.1, 0.15) is 0 Å². The first kappa shape index (κ1) is 15.9. The second-order valence-corrected chi connectivity index (χ2v) is 6.31. The van der Waals surface area contributed by atoms with Crippen molar-refractivity contribution in [2.75, 3.05) is 47.3 Å². The Hall–Kier alpha value is -0.120. The molecule has 0 spiro atoms. The first-order valence-electron chi connectivity index (χ1n) is 7.65. The van der Waals surface area contributed by atoms with E-state index < -0.39 is 0 Å². The summed E-state index contributed by atoms with van der Waals surface area (Å²) in [4.78, 5) is 4.81. The Morgan fingerprint density at radius 1 is 1.06 bits per heavy atom. The van der Waals surface area contributed by atoms with Crippen LogP contribution in [0.4, 0.5) is 0 Å². The van der Waals surface area contributed by atoms with Crippen LogP contribution >= 0.6 is 0 Å². The van der Waals surface area contributed by atoms with Gasteiger partial charge in [-0.15, -0.1) is 0 Å². The molecule has 0 aliphatic heterocycles. The molecular formula is C15H33N3. The van der Waals surface area contributed by atoms with Crippen LogP contribution in [-0.2, 0) is 0 Å². The van der Waals surface area contributed by atoms with Crippen LogP contribution in [-0.4, -0.2) is 63.2 Å². The van der Waals surface area contributed by atoms with E-state index >= 15 is 0 Å². The summed E-state index contributed by atoms with van der Waals surface area (Å²) in [6.45, 7) is 7.06. The summed E-state index contributed by atoms with van der Waals surface area (Å²) in [6, 6.07) is 0.831. The summed E-state index contributed by atoms with van der Waals surface area (Å²) in [5.74, 6) is 0.930. The number of likely N-dealkylation sites (N-methyl/N-ethyl adjacent to an activating group) is 1. The van der Waals surface area contributed by atoms with Crippen molar-refractivity contribution < 1.29 is 0 Å². The summed E-state index contributed by atoms with van der Waals surface area (Å²) in [5.41, 5.74) is 0. The Bertz CT molecular complexity index is 206. The molecule has 0 heterocycles. The van der Waals surface area contributed by atoms with Gasteiger partial charge in [0, 0.05) is 19.1 Å². The second kappa shape index (κ2) is 8.89. The third-order valence-corrected chi connectivity index (χ3v) is 4.13. The Kier molecular flexibility index (Phi) is 7.87. The fraction of sp³-hybridized carbons (Fsp3) is 1.00. The monoisotopic (exact) mass is 255 g/mol. The van der Waals surface area contributed by atoms with Gasteiger partial charge in [0.15, 0.2) is 0 Å². The van der Waals surface area contributed by atoms with Gasteiger partial charge in [-0.3, -0.25) is 0 Å². The molecule has 0 aromatic heterocycles. The average Bonchev–Trinajstić information content (AvgIpc) is 2.33. The Morgan fingerprint density at radius 3 is 2.50 bits per heavy atom. The smallest absolute Gasteiger partial charge is 0.0107 e. The van der Waals surface area contributed by atoms with E-state index in [0.29, 0.717) is 0 Å². The highest BCUT2D eigenvalue weighted by Crippen LogP contribution is 2.26. The van der Waals surface area contributed by atoms with Crippen molar-refractivity contribution in [1.82, 2.24) is 15.1 Å². The SMILES string of the molecule is CC1CCCC(N(C)CCNCCCN(C)C)C1. The molecule has 3 heteroatoms. The largest absolute Gasteiger partial charge is 0.315 e. The van der Waals surface area contributed by atoms with E-state index in [1.54, 1.807) is 0 Å². The highest BCUT2D eigenvalue weighted by atomic mass is 15.1. The van der Waals surface area contributed by atoms with Crippen LogP contribution in [0.15, 0.2) is 0 Å². The molecule has 0 amide bonds. The molecule has 108 valence electrons. The van der Waals surface area contributed by atoms with Crippen LogP contribution in [0.2, 0.25) is 0 Å². The zero-order valence-corrected chi connectivity index (χ0v) is 12.9. The van der Waals surface area contributed by atoms with Gasteiger partial charge >= 0.3 is 0 Å². The number of nitrogens with zero attached hydrogens (tertiary/aromatic N) is 2. The van der Waals surface area contributed by atoms with Crippen LogP contribution in [0, 0.1) is 5.92 Å². The van der Waals surface area contributed by atoms with E-state index in [2.05, 4.69) is 43.2 Å². The molecule has 1 N–H and O–H groups in total. The molecule has 18 heavy (non-hydrogen) atoms. The molecule has 2 atom stereocenters. The minimum atomic E-state index is 0.831. The molecule has 1 aliphatic carbocycles. The lowest BCUT2D eigenvalue weighted by molar-refractivity contribution is 0.164. The van der Waals surface area contributed by atoms with Crippen LogP contribution in [0.25, 0.3) is 0 Å². The topological polar surface area (TPSA) is 18.5 Å². The quantitative estimate of drug-likeness (QED) is 0.670. The Morgan fingerprint density at radius 2 is 1.83 bits per heavy atom. The van der Waals surface area contributed by atoms with E-state index in [0.717, 1.165) is 25.0 Å². The maximum absolute atomic E-state index is 3.55. The average molecular weight is 255 g/mol. The first-order valence-corrected chi connectivity index (χ1v) is 7.65. The highest BCUT2D eigenvalue weighted by molar-refractivity contribution is 4.77. The summed E-state index contributed by atoms with van der Waals surface area (Å²) < 4.78 is 0. The molecule has 1 saturated carbocycles.